The molecule has 3 aromatic rings. The highest BCUT2D eigenvalue weighted by Crippen LogP contribution is 2.18. The van der Waals surface area contributed by atoms with Gasteiger partial charge in [0, 0.05) is 23.9 Å². The smallest absolute Gasteiger partial charge is 0.273 e. The number of amides is 2. The Balaban J connectivity index is 1.49. The van der Waals surface area contributed by atoms with Crippen molar-refractivity contribution < 1.29 is 18.8 Å². The van der Waals surface area contributed by atoms with Gasteiger partial charge in [-0.2, -0.15) is 0 Å². The molecule has 0 spiro atoms. The summed E-state index contributed by atoms with van der Waals surface area (Å²) in [4.78, 5) is 24.1. The van der Waals surface area contributed by atoms with Gasteiger partial charge < -0.3 is 19.9 Å². The Hall–Kier alpha value is -3.61. The highest BCUT2D eigenvalue weighted by molar-refractivity contribution is 6.04. The summed E-state index contributed by atoms with van der Waals surface area (Å²) in [6.45, 7) is 2.81. The van der Waals surface area contributed by atoms with Crippen LogP contribution in [0.15, 0.2) is 65.2 Å². The molecule has 2 aromatic carbocycles. The molecule has 0 unspecified atom stereocenters. The molecular weight excluding hydrogens is 370 g/mol. The second kappa shape index (κ2) is 10.1. The minimum absolute atomic E-state index is 0.144. The summed E-state index contributed by atoms with van der Waals surface area (Å²) in [5, 5.41) is 9.38. The van der Waals surface area contributed by atoms with Crippen molar-refractivity contribution in [3.05, 3.63) is 77.7 Å². The molecule has 3 rings (SSSR count). The van der Waals surface area contributed by atoms with Crippen molar-refractivity contribution >= 4 is 17.5 Å². The predicted molar refractivity (Wildman–Crippen MR) is 109 cm³/mol. The molecule has 0 atom stereocenters. The van der Waals surface area contributed by atoms with Gasteiger partial charge in [0.05, 0.1) is 0 Å². The van der Waals surface area contributed by atoms with Crippen molar-refractivity contribution in [2.75, 3.05) is 11.9 Å². The van der Waals surface area contributed by atoms with Crippen molar-refractivity contribution in [2.45, 2.75) is 26.4 Å². The van der Waals surface area contributed by atoms with E-state index in [4.69, 9.17) is 9.26 Å². The monoisotopic (exact) mass is 393 g/mol. The number of hydrogen-bond acceptors (Lipinski definition) is 5. The maximum Gasteiger partial charge on any atom is 0.273 e. The molecule has 0 fully saturated rings. The van der Waals surface area contributed by atoms with Crippen molar-refractivity contribution in [3.63, 3.8) is 0 Å². The minimum atomic E-state index is -0.257. The Morgan fingerprint density at radius 1 is 1.03 bits per heavy atom. The lowest BCUT2D eigenvalue weighted by Crippen LogP contribution is -2.24. The zero-order valence-electron chi connectivity index (χ0n) is 16.2. The van der Waals surface area contributed by atoms with Crippen molar-refractivity contribution in [1.29, 1.82) is 0 Å². The average Bonchev–Trinajstić information content (AvgIpc) is 3.23. The fourth-order valence-corrected chi connectivity index (χ4v) is 2.54. The number of ether oxygens (including phenoxy) is 1. The van der Waals surface area contributed by atoms with Gasteiger partial charge in [0.25, 0.3) is 11.8 Å². The quantitative estimate of drug-likeness (QED) is 0.535. The van der Waals surface area contributed by atoms with Crippen molar-refractivity contribution in [3.8, 4) is 5.75 Å². The minimum Gasteiger partial charge on any atom is -0.486 e. The first-order chi connectivity index (χ1) is 14.2. The third-order valence-corrected chi connectivity index (χ3v) is 4.14. The lowest BCUT2D eigenvalue weighted by Gasteiger charge is -2.07. The number of nitrogens with zero attached hydrogens (tertiary/aromatic N) is 1. The lowest BCUT2D eigenvalue weighted by molar-refractivity contribution is 0.0943. The molecule has 0 saturated heterocycles. The van der Waals surface area contributed by atoms with E-state index in [-0.39, 0.29) is 24.1 Å². The van der Waals surface area contributed by atoms with E-state index >= 15 is 0 Å². The number of nitrogens with one attached hydrogen (secondary N) is 2. The number of hydrogen-bond donors (Lipinski definition) is 2. The summed E-state index contributed by atoms with van der Waals surface area (Å²) in [6, 6.07) is 17.6. The van der Waals surface area contributed by atoms with Crippen LogP contribution in [0.1, 0.15) is 46.4 Å². The summed E-state index contributed by atoms with van der Waals surface area (Å²) in [7, 11) is 0. The molecule has 0 aliphatic rings. The summed E-state index contributed by atoms with van der Waals surface area (Å²) < 4.78 is 10.8. The van der Waals surface area contributed by atoms with Gasteiger partial charge in [-0.1, -0.05) is 36.7 Å². The first kappa shape index (κ1) is 20.1. The number of rotatable bonds is 9. The van der Waals surface area contributed by atoms with Crippen LogP contribution in [0.5, 0.6) is 5.75 Å². The maximum absolute atomic E-state index is 12.2. The molecule has 29 heavy (non-hydrogen) atoms. The molecule has 1 aromatic heterocycles. The normalized spacial score (nSPS) is 10.4. The van der Waals surface area contributed by atoms with Crippen LogP contribution in [0.4, 0.5) is 5.69 Å². The Morgan fingerprint density at radius 3 is 2.52 bits per heavy atom. The van der Waals surface area contributed by atoms with Crippen LogP contribution >= 0.6 is 0 Å². The van der Waals surface area contributed by atoms with Gasteiger partial charge in [-0.3, -0.25) is 9.59 Å². The molecule has 1 heterocycles. The van der Waals surface area contributed by atoms with Gasteiger partial charge in [0.2, 0.25) is 0 Å². The fraction of sp³-hybridized carbons (Fsp3) is 0.227. The number of unbranched alkanes of at least 4 members (excludes halogenated alkanes) is 1. The van der Waals surface area contributed by atoms with E-state index in [1.165, 1.54) is 0 Å². The van der Waals surface area contributed by atoms with Crippen LogP contribution in [0.3, 0.4) is 0 Å². The second-order valence-corrected chi connectivity index (χ2v) is 6.42. The number of aromatic nitrogens is 1. The van der Waals surface area contributed by atoms with Crippen LogP contribution < -0.4 is 15.4 Å². The standard InChI is InChI=1S/C22H23N3O4/c1-2-3-13-23-22(27)20-14-19(29-25-20)15-28-18-11-9-17(10-12-18)24-21(26)16-7-5-4-6-8-16/h4-12,14H,2-3,13,15H2,1H3,(H,23,27)(H,24,26). The number of benzene rings is 2. The summed E-state index contributed by atoms with van der Waals surface area (Å²) in [5.74, 6) is 0.623. The Bertz CT molecular complexity index is 936. The van der Waals surface area contributed by atoms with Crippen LogP contribution in [0.25, 0.3) is 0 Å². The molecule has 0 aliphatic carbocycles. The van der Waals surface area contributed by atoms with E-state index in [9.17, 15) is 9.59 Å². The van der Waals surface area contributed by atoms with E-state index < -0.39 is 0 Å². The third kappa shape index (κ3) is 5.93. The molecule has 7 heteroatoms. The van der Waals surface area contributed by atoms with Crippen molar-refractivity contribution in [2.24, 2.45) is 0 Å². The van der Waals surface area contributed by atoms with Gasteiger partial charge in [-0.05, 0) is 42.8 Å². The van der Waals surface area contributed by atoms with E-state index in [1.807, 2.05) is 18.2 Å². The predicted octanol–water partition coefficient (Wildman–Crippen LogP) is 4.04. The zero-order valence-corrected chi connectivity index (χ0v) is 16.2. The Morgan fingerprint density at radius 2 is 1.79 bits per heavy atom. The SMILES string of the molecule is CCCCNC(=O)c1cc(COc2ccc(NC(=O)c3ccccc3)cc2)on1. The molecule has 7 nitrogen and oxygen atoms in total. The van der Waals surface area contributed by atoms with Crippen LogP contribution in [-0.4, -0.2) is 23.5 Å². The lowest BCUT2D eigenvalue weighted by atomic mass is 10.2. The molecule has 0 saturated carbocycles. The van der Waals surface area contributed by atoms with Gasteiger partial charge in [-0.25, -0.2) is 0 Å². The fourth-order valence-electron chi connectivity index (χ4n) is 2.54. The van der Waals surface area contributed by atoms with E-state index in [0.29, 0.717) is 29.3 Å². The van der Waals surface area contributed by atoms with E-state index in [0.717, 1.165) is 12.8 Å². The molecule has 0 bridgehead atoms. The molecular formula is C22H23N3O4. The molecule has 2 amide bonds. The second-order valence-electron chi connectivity index (χ2n) is 6.42. The zero-order chi connectivity index (χ0) is 20.5. The number of carbonyl (C=O) groups is 2. The number of carbonyl (C=O) groups excluding carboxylic acids is 2. The Labute approximate surface area is 169 Å². The molecule has 2 N–H and O–H groups in total. The summed E-state index contributed by atoms with van der Waals surface area (Å²) in [5.41, 5.74) is 1.49. The largest absolute Gasteiger partial charge is 0.486 e. The summed E-state index contributed by atoms with van der Waals surface area (Å²) >= 11 is 0. The van der Waals surface area contributed by atoms with Gasteiger partial charge >= 0.3 is 0 Å². The summed E-state index contributed by atoms with van der Waals surface area (Å²) in [6.07, 6.45) is 1.92. The first-order valence-corrected chi connectivity index (χ1v) is 9.48. The highest BCUT2D eigenvalue weighted by atomic mass is 16.5. The number of anilines is 1. The average molecular weight is 393 g/mol. The van der Waals surface area contributed by atoms with Crippen molar-refractivity contribution in [1.82, 2.24) is 10.5 Å². The first-order valence-electron chi connectivity index (χ1n) is 9.48. The van der Waals surface area contributed by atoms with Gasteiger partial charge in [0.1, 0.15) is 12.4 Å². The molecule has 150 valence electrons. The molecule has 0 aliphatic heterocycles. The van der Waals surface area contributed by atoms with Crippen LogP contribution in [0.2, 0.25) is 0 Å². The maximum atomic E-state index is 12.2. The highest BCUT2D eigenvalue weighted by Gasteiger charge is 2.12. The Kier molecular flexibility index (Phi) is 7.00. The van der Waals surface area contributed by atoms with Gasteiger partial charge in [-0.15, -0.1) is 0 Å². The van der Waals surface area contributed by atoms with Crippen LogP contribution in [0, 0.1) is 0 Å². The van der Waals surface area contributed by atoms with E-state index in [1.54, 1.807) is 42.5 Å². The molecule has 0 radical (unpaired) electrons. The van der Waals surface area contributed by atoms with Crippen LogP contribution in [-0.2, 0) is 6.61 Å². The van der Waals surface area contributed by atoms with E-state index in [2.05, 4.69) is 22.7 Å². The van der Waals surface area contributed by atoms with Gasteiger partial charge in [0.15, 0.2) is 11.5 Å². The third-order valence-electron chi connectivity index (χ3n) is 4.14. The topological polar surface area (TPSA) is 93.5 Å².